The zero-order valence-electron chi connectivity index (χ0n) is 11.5. The van der Waals surface area contributed by atoms with E-state index in [1.807, 2.05) is 12.6 Å². The molecule has 19 heavy (non-hydrogen) atoms. The predicted molar refractivity (Wildman–Crippen MR) is 74.0 cm³/mol. The lowest BCUT2D eigenvalue weighted by atomic mass is 10.3. The van der Waals surface area contributed by atoms with Gasteiger partial charge in [-0.05, 0) is 31.8 Å². The molecule has 103 valence electrons. The highest BCUT2D eigenvalue weighted by Gasteiger charge is 2.28. The second-order valence-corrected chi connectivity index (χ2v) is 5.36. The molecule has 5 heteroatoms. The van der Waals surface area contributed by atoms with Gasteiger partial charge >= 0.3 is 0 Å². The molecule has 0 aromatic rings. The number of amides is 1. The normalized spacial score (nSPS) is 23.7. The molecule has 0 aromatic carbocycles. The SMILES string of the molecule is CC(=O)N1[CH]C=C(N2CCCC2)N=C1N1CCCC1. The van der Waals surface area contributed by atoms with Crippen molar-refractivity contribution in [2.24, 2.45) is 4.99 Å². The van der Waals surface area contributed by atoms with Crippen LogP contribution in [-0.2, 0) is 4.79 Å². The van der Waals surface area contributed by atoms with Crippen molar-refractivity contribution in [2.75, 3.05) is 26.2 Å². The Hall–Kier alpha value is -1.52. The Kier molecular flexibility index (Phi) is 3.44. The number of guanidine groups is 1. The van der Waals surface area contributed by atoms with Crippen molar-refractivity contribution >= 4 is 11.9 Å². The van der Waals surface area contributed by atoms with Crippen molar-refractivity contribution in [1.29, 1.82) is 0 Å². The Bertz CT molecular complexity index is 417. The maximum absolute atomic E-state index is 11.7. The fourth-order valence-electron chi connectivity index (χ4n) is 2.91. The molecule has 0 N–H and O–H groups in total. The first-order valence-corrected chi connectivity index (χ1v) is 7.19. The average molecular weight is 261 g/mol. The van der Waals surface area contributed by atoms with E-state index in [-0.39, 0.29) is 5.91 Å². The summed E-state index contributed by atoms with van der Waals surface area (Å²) in [6.07, 6.45) is 6.82. The van der Waals surface area contributed by atoms with Gasteiger partial charge in [0.05, 0.1) is 6.54 Å². The van der Waals surface area contributed by atoms with Crippen molar-refractivity contribution in [2.45, 2.75) is 32.6 Å². The highest BCUT2D eigenvalue weighted by atomic mass is 16.2. The van der Waals surface area contributed by atoms with E-state index in [1.54, 1.807) is 11.8 Å². The van der Waals surface area contributed by atoms with Gasteiger partial charge in [-0.25, -0.2) is 0 Å². The highest BCUT2D eigenvalue weighted by molar-refractivity contribution is 5.98. The quantitative estimate of drug-likeness (QED) is 0.716. The molecule has 2 fully saturated rings. The Balaban J connectivity index is 1.83. The molecule has 0 unspecified atom stereocenters. The Morgan fingerprint density at radius 2 is 1.63 bits per heavy atom. The van der Waals surface area contributed by atoms with Crippen LogP contribution in [-0.4, -0.2) is 52.7 Å². The summed E-state index contributed by atoms with van der Waals surface area (Å²) in [6, 6.07) is 0. The van der Waals surface area contributed by atoms with Crippen LogP contribution in [0.15, 0.2) is 16.9 Å². The van der Waals surface area contributed by atoms with Crippen molar-refractivity contribution < 1.29 is 4.79 Å². The molecule has 0 aromatic heterocycles. The van der Waals surface area contributed by atoms with E-state index in [4.69, 9.17) is 4.99 Å². The lowest BCUT2D eigenvalue weighted by molar-refractivity contribution is -0.124. The van der Waals surface area contributed by atoms with E-state index in [9.17, 15) is 4.79 Å². The largest absolute Gasteiger partial charge is 0.357 e. The third-order valence-corrected chi connectivity index (χ3v) is 3.96. The lowest BCUT2D eigenvalue weighted by Gasteiger charge is -2.33. The maximum Gasteiger partial charge on any atom is 0.226 e. The first-order chi connectivity index (χ1) is 9.25. The monoisotopic (exact) mass is 261 g/mol. The van der Waals surface area contributed by atoms with E-state index in [2.05, 4.69) is 9.80 Å². The van der Waals surface area contributed by atoms with Crippen LogP contribution in [0.1, 0.15) is 32.6 Å². The number of hydrogen-bond acceptors (Lipinski definition) is 4. The van der Waals surface area contributed by atoms with Crippen LogP contribution < -0.4 is 0 Å². The van der Waals surface area contributed by atoms with E-state index in [1.165, 1.54) is 25.7 Å². The van der Waals surface area contributed by atoms with E-state index >= 15 is 0 Å². The van der Waals surface area contributed by atoms with Crippen LogP contribution in [0.3, 0.4) is 0 Å². The van der Waals surface area contributed by atoms with Crippen LogP contribution in [0.2, 0.25) is 0 Å². The highest BCUT2D eigenvalue weighted by Crippen LogP contribution is 2.23. The molecule has 0 aliphatic carbocycles. The number of rotatable bonds is 1. The molecule has 5 nitrogen and oxygen atoms in total. The van der Waals surface area contributed by atoms with Gasteiger partial charge in [0.1, 0.15) is 5.82 Å². The second kappa shape index (κ2) is 5.23. The first kappa shape index (κ1) is 12.5. The van der Waals surface area contributed by atoms with Crippen LogP contribution in [0.5, 0.6) is 0 Å². The van der Waals surface area contributed by atoms with E-state index in [0.29, 0.717) is 0 Å². The second-order valence-electron chi connectivity index (χ2n) is 5.36. The van der Waals surface area contributed by atoms with E-state index in [0.717, 1.165) is 38.0 Å². The van der Waals surface area contributed by atoms with Crippen molar-refractivity contribution in [3.05, 3.63) is 18.4 Å². The molecule has 2 saturated heterocycles. The van der Waals surface area contributed by atoms with Gasteiger partial charge in [-0.2, -0.15) is 4.99 Å². The number of aliphatic imine (C=N–C) groups is 1. The molecule has 0 atom stereocenters. The molecule has 3 aliphatic heterocycles. The number of likely N-dealkylation sites (tertiary alicyclic amines) is 2. The van der Waals surface area contributed by atoms with Crippen LogP contribution in [0.25, 0.3) is 0 Å². The van der Waals surface area contributed by atoms with Gasteiger partial charge in [0.25, 0.3) is 0 Å². The minimum atomic E-state index is 0.0300. The number of hydrogen-bond donors (Lipinski definition) is 0. The minimum Gasteiger partial charge on any atom is -0.357 e. The minimum absolute atomic E-state index is 0.0300. The molecular formula is C14H21N4O. The van der Waals surface area contributed by atoms with Crippen molar-refractivity contribution in [3.63, 3.8) is 0 Å². The Morgan fingerprint density at radius 1 is 1.05 bits per heavy atom. The molecule has 0 bridgehead atoms. The topological polar surface area (TPSA) is 39.2 Å². The molecule has 1 amide bonds. The summed E-state index contributed by atoms with van der Waals surface area (Å²) in [5.41, 5.74) is 0. The van der Waals surface area contributed by atoms with E-state index < -0.39 is 0 Å². The zero-order valence-corrected chi connectivity index (χ0v) is 11.5. The fraction of sp³-hybridized carbons (Fsp3) is 0.643. The van der Waals surface area contributed by atoms with Crippen molar-refractivity contribution in [1.82, 2.24) is 14.7 Å². The van der Waals surface area contributed by atoms with Crippen LogP contribution in [0, 0.1) is 6.54 Å². The van der Waals surface area contributed by atoms with Crippen LogP contribution in [0.4, 0.5) is 0 Å². The summed E-state index contributed by atoms with van der Waals surface area (Å²) in [7, 11) is 0. The molecule has 0 saturated carbocycles. The molecule has 3 aliphatic rings. The Morgan fingerprint density at radius 3 is 2.21 bits per heavy atom. The number of carbonyl (C=O) groups is 1. The molecule has 0 spiro atoms. The number of nitrogens with zero attached hydrogens (tertiary/aromatic N) is 4. The fourth-order valence-corrected chi connectivity index (χ4v) is 2.91. The summed E-state index contributed by atoms with van der Waals surface area (Å²) >= 11 is 0. The van der Waals surface area contributed by atoms with Gasteiger partial charge in [0.2, 0.25) is 11.9 Å². The lowest BCUT2D eigenvalue weighted by Crippen LogP contribution is -2.45. The summed E-state index contributed by atoms with van der Waals surface area (Å²) in [5, 5.41) is 0. The van der Waals surface area contributed by atoms with Gasteiger partial charge in [0, 0.05) is 33.1 Å². The summed E-state index contributed by atoms with van der Waals surface area (Å²) in [6.45, 7) is 7.63. The summed E-state index contributed by atoms with van der Waals surface area (Å²) in [5.74, 6) is 1.86. The Labute approximate surface area is 114 Å². The van der Waals surface area contributed by atoms with Gasteiger partial charge in [-0.3, -0.25) is 9.69 Å². The maximum atomic E-state index is 11.7. The molecule has 3 rings (SSSR count). The van der Waals surface area contributed by atoms with Gasteiger partial charge in [-0.1, -0.05) is 0 Å². The molecule has 3 heterocycles. The molecular weight excluding hydrogens is 240 g/mol. The third kappa shape index (κ3) is 2.46. The standard InChI is InChI=1S/C14H21N4O/c1-12(19)18-11-6-13(16-7-2-3-8-16)15-14(18)17-9-4-5-10-17/h6,11H,2-5,7-10H2,1H3. The van der Waals surface area contributed by atoms with Crippen LogP contribution >= 0.6 is 0 Å². The summed E-state index contributed by atoms with van der Waals surface area (Å²) in [4.78, 5) is 22.7. The predicted octanol–water partition coefficient (Wildman–Crippen LogP) is 1.40. The van der Waals surface area contributed by atoms with Gasteiger partial charge in [0.15, 0.2) is 0 Å². The van der Waals surface area contributed by atoms with Crippen molar-refractivity contribution in [3.8, 4) is 0 Å². The molecule has 1 radical (unpaired) electrons. The zero-order chi connectivity index (χ0) is 13.2. The summed E-state index contributed by atoms with van der Waals surface area (Å²) < 4.78 is 0. The first-order valence-electron chi connectivity index (χ1n) is 7.19. The smallest absolute Gasteiger partial charge is 0.226 e. The number of carbonyl (C=O) groups excluding carboxylic acids is 1. The third-order valence-electron chi connectivity index (χ3n) is 3.96. The van der Waals surface area contributed by atoms with Gasteiger partial charge < -0.3 is 9.80 Å². The van der Waals surface area contributed by atoms with Gasteiger partial charge in [-0.15, -0.1) is 0 Å². The average Bonchev–Trinajstić information content (AvgIpc) is 3.11.